The van der Waals surface area contributed by atoms with Crippen LogP contribution in [-0.4, -0.2) is 46.3 Å². The molecule has 33 heavy (non-hydrogen) atoms. The Morgan fingerprint density at radius 1 is 0.909 bits per heavy atom. The number of ketones is 1. The van der Waals surface area contributed by atoms with Gasteiger partial charge in [-0.2, -0.15) is 0 Å². The Kier molecular flexibility index (Phi) is 9.54. The zero-order valence-electron chi connectivity index (χ0n) is 19.5. The van der Waals surface area contributed by atoms with E-state index >= 15 is 0 Å². The van der Waals surface area contributed by atoms with E-state index < -0.39 is 17.7 Å². The molecule has 0 aliphatic rings. The van der Waals surface area contributed by atoms with Crippen molar-refractivity contribution >= 4 is 11.8 Å². The molecule has 0 aromatic heterocycles. The molecule has 0 heterocycles. The van der Waals surface area contributed by atoms with E-state index in [0.717, 1.165) is 0 Å². The van der Waals surface area contributed by atoms with Crippen LogP contribution in [0, 0.1) is 0 Å². The first-order valence-electron chi connectivity index (χ1n) is 10.4. The number of esters is 1. The first kappa shape index (κ1) is 25.5. The predicted octanol–water partition coefficient (Wildman–Crippen LogP) is 4.54. The summed E-state index contributed by atoms with van der Waals surface area (Å²) in [4.78, 5) is 26.5. The summed E-state index contributed by atoms with van der Waals surface area (Å²) in [6.07, 6.45) is 3.73. The number of carbonyl (C=O) groups is 2. The Labute approximate surface area is 194 Å². The fourth-order valence-electron chi connectivity index (χ4n) is 3.44. The van der Waals surface area contributed by atoms with E-state index in [-0.39, 0.29) is 18.8 Å². The van der Waals surface area contributed by atoms with Crippen LogP contribution in [0.15, 0.2) is 55.6 Å². The Hall–Kier alpha value is -3.74. The van der Waals surface area contributed by atoms with Crippen molar-refractivity contribution in [3.05, 3.63) is 72.3 Å². The monoisotopic (exact) mass is 454 g/mol. The molecule has 2 rings (SSSR count). The van der Waals surface area contributed by atoms with Crippen molar-refractivity contribution < 1.29 is 33.3 Å². The average molecular weight is 455 g/mol. The lowest BCUT2D eigenvalue weighted by atomic mass is 9.86. The molecular weight excluding hydrogens is 424 g/mol. The molecular formula is C26H30O7. The van der Waals surface area contributed by atoms with Crippen molar-refractivity contribution in [2.75, 3.05) is 34.5 Å². The van der Waals surface area contributed by atoms with Gasteiger partial charge in [-0.1, -0.05) is 32.2 Å². The van der Waals surface area contributed by atoms with Gasteiger partial charge >= 0.3 is 5.97 Å². The zero-order chi connectivity index (χ0) is 24.4. The lowest BCUT2D eigenvalue weighted by Gasteiger charge is -2.21. The summed E-state index contributed by atoms with van der Waals surface area (Å²) in [5.74, 6) is -0.591. The Morgan fingerprint density at radius 3 is 2.15 bits per heavy atom. The van der Waals surface area contributed by atoms with Crippen LogP contribution in [-0.2, 0) is 16.0 Å². The molecule has 176 valence electrons. The molecule has 2 aromatic carbocycles. The minimum absolute atomic E-state index is 0.248. The highest BCUT2D eigenvalue weighted by atomic mass is 16.5. The quantitative estimate of drug-likeness (QED) is 0.190. The van der Waals surface area contributed by atoms with Gasteiger partial charge in [0.1, 0.15) is 30.6 Å². The molecule has 0 amide bonds. The zero-order valence-corrected chi connectivity index (χ0v) is 19.5. The summed E-state index contributed by atoms with van der Waals surface area (Å²) < 4.78 is 27.1. The van der Waals surface area contributed by atoms with Gasteiger partial charge in [-0.25, -0.2) is 0 Å². The van der Waals surface area contributed by atoms with Gasteiger partial charge < -0.3 is 23.7 Å². The number of Topliss-reactive ketones (excluding diaryl/α,β-unsaturated/α-hetero) is 1. The SMILES string of the molecule is C=CCOc1cc(OCC=C)c(CC)c(C(C(=O)OC)C(=O)c2ccc(OC)c(OC)c2)c1. The summed E-state index contributed by atoms with van der Waals surface area (Å²) in [6, 6.07) is 8.13. The molecule has 0 aliphatic heterocycles. The topological polar surface area (TPSA) is 80.3 Å². The Bertz CT molecular complexity index is 1010. The van der Waals surface area contributed by atoms with Gasteiger partial charge in [0, 0.05) is 11.6 Å². The normalized spacial score (nSPS) is 11.2. The molecule has 7 heteroatoms. The van der Waals surface area contributed by atoms with Crippen molar-refractivity contribution in [2.45, 2.75) is 19.3 Å². The summed E-state index contributed by atoms with van der Waals surface area (Å²) in [5.41, 5.74) is 1.42. The van der Waals surface area contributed by atoms with Crippen molar-refractivity contribution in [3.63, 3.8) is 0 Å². The summed E-state index contributed by atoms with van der Waals surface area (Å²) >= 11 is 0. The van der Waals surface area contributed by atoms with Crippen molar-refractivity contribution in [1.29, 1.82) is 0 Å². The van der Waals surface area contributed by atoms with Crippen molar-refractivity contribution in [2.24, 2.45) is 0 Å². The number of ether oxygens (including phenoxy) is 5. The maximum atomic E-state index is 13.6. The van der Waals surface area contributed by atoms with Crippen LogP contribution in [0.25, 0.3) is 0 Å². The van der Waals surface area contributed by atoms with Crippen LogP contribution in [0.3, 0.4) is 0 Å². The molecule has 1 atom stereocenters. The largest absolute Gasteiger partial charge is 0.493 e. The van der Waals surface area contributed by atoms with E-state index in [1.807, 2.05) is 6.92 Å². The Morgan fingerprint density at radius 2 is 1.58 bits per heavy atom. The fraction of sp³-hybridized carbons (Fsp3) is 0.308. The molecule has 0 saturated heterocycles. The molecule has 0 bridgehead atoms. The highest BCUT2D eigenvalue weighted by Crippen LogP contribution is 2.37. The fourth-order valence-corrected chi connectivity index (χ4v) is 3.44. The second kappa shape index (κ2) is 12.3. The third kappa shape index (κ3) is 5.94. The highest BCUT2D eigenvalue weighted by Gasteiger charge is 2.34. The second-order valence-electron chi connectivity index (χ2n) is 6.93. The second-order valence-corrected chi connectivity index (χ2v) is 6.93. The molecule has 0 N–H and O–H groups in total. The van der Waals surface area contributed by atoms with Gasteiger partial charge in [-0.15, -0.1) is 0 Å². The molecule has 0 spiro atoms. The number of hydrogen-bond donors (Lipinski definition) is 0. The van der Waals surface area contributed by atoms with Gasteiger partial charge in [-0.3, -0.25) is 9.59 Å². The summed E-state index contributed by atoms with van der Waals surface area (Å²) in [7, 11) is 4.22. The van der Waals surface area contributed by atoms with Crippen LogP contribution in [0.4, 0.5) is 0 Å². The molecule has 0 radical (unpaired) electrons. The lowest BCUT2D eigenvalue weighted by Crippen LogP contribution is -2.25. The molecule has 0 aliphatic carbocycles. The lowest BCUT2D eigenvalue weighted by molar-refractivity contribution is -0.141. The smallest absolute Gasteiger partial charge is 0.321 e. The van der Waals surface area contributed by atoms with E-state index in [4.69, 9.17) is 23.7 Å². The third-order valence-corrected chi connectivity index (χ3v) is 4.97. The predicted molar refractivity (Wildman–Crippen MR) is 126 cm³/mol. The number of hydrogen-bond acceptors (Lipinski definition) is 7. The van der Waals surface area contributed by atoms with Gasteiger partial charge in [0.05, 0.1) is 21.3 Å². The molecule has 1 unspecified atom stereocenters. The molecule has 0 saturated carbocycles. The van der Waals surface area contributed by atoms with Gasteiger partial charge in [-0.05, 0) is 41.8 Å². The van der Waals surface area contributed by atoms with E-state index in [0.29, 0.717) is 40.5 Å². The Balaban J connectivity index is 2.69. The summed E-state index contributed by atoms with van der Waals surface area (Å²) in [5, 5.41) is 0. The molecule has 7 nitrogen and oxygen atoms in total. The van der Waals surface area contributed by atoms with Gasteiger partial charge in [0.25, 0.3) is 0 Å². The molecule has 0 fully saturated rings. The van der Waals surface area contributed by atoms with E-state index in [1.54, 1.807) is 36.4 Å². The first-order valence-corrected chi connectivity index (χ1v) is 10.4. The van der Waals surface area contributed by atoms with Crippen molar-refractivity contribution in [1.82, 2.24) is 0 Å². The maximum absolute atomic E-state index is 13.6. The van der Waals surface area contributed by atoms with Crippen LogP contribution in [0.5, 0.6) is 23.0 Å². The van der Waals surface area contributed by atoms with Gasteiger partial charge in [0.2, 0.25) is 0 Å². The van der Waals surface area contributed by atoms with Crippen LogP contribution < -0.4 is 18.9 Å². The number of carbonyl (C=O) groups excluding carboxylic acids is 2. The van der Waals surface area contributed by atoms with E-state index in [9.17, 15) is 9.59 Å². The number of methoxy groups -OCH3 is 3. The minimum Gasteiger partial charge on any atom is -0.493 e. The average Bonchev–Trinajstić information content (AvgIpc) is 2.85. The maximum Gasteiger partial charge on any atom is 0.321 e. The summed E-state index contributed by atoms with van der Waals surface area (Å²) in [6.45, 7) is 9.76. The number of rotatable bonds is 13. The highest BCUT2D eigenvalue weighted by molar-refractivity contribution is 6.13. The van der Waals surface area contributed by atoms with Crippen LogP contribution in [0.2, 0.25) is 0 Å². The van der Waals surface area contributed by atoms with Crippen molar-refractivity contribution in [3.8, 4) is 23.0 Å². The van der Waals surface area contributed by atoms with E-state index in [1.165, 1.54) is 27.4 Å². The van der Waals surface area contributed by atoms with Gasteiger partial charge in [0.15, 0.2) is 17.3 Å². The third-order valence-electron chi connectivity index (χ3n) is 4.97. The van der Waals surface area contributed by atoms with E-state index in [2.05, 4.69) is 13.2 Å². The standard InChI is InChI=1S/C26H30O7/c1-7-12-32-18-15-20(19(9-3)22(16-18)33-13-8-2)24(26(28)31-6)25(27)17-10-11-21(29-4)23(14-17)30-5/h7-8,10-11,14-16,24H,1-2,9,12-13H2,3-6H3. The van der Waals surface area contributed by atoms with Crippen LogP contribution in [0.1, 0.15) is 34.3 Å². The minimum atomic E-state index is -1.23. The molecule has 2 aromatic rings. The van der Waals surface area contributed by atoms with Crippen LogP contribution >= 0.6 is 0 Å². The number of benzene rings is 2. The first-order chi connectivity index (χ1) is 15.9.